The van der Waals surface area contributed by atoms with Gasteiger partial charge in [-0.2, -0.15) is 5.10 Å². The molecule has 0 amide bonds. The fourth-order valence-electron chi connectivity index (χ4n) is 2.84. The van der Waals surface area contributed by atoms with Crippen molar-refractivity contribution in [3.05, 3.63) is 70.6 Å². The number of nitrogens with zero attached hydrogens (tertiary/aromatic N) is 2. The van der Waals surface area contributed by atoms with Crippen molar-refractivity contribution in [1.82, 2.24) is 9.78 Å². The highest BCUT2D eigenvalue weighted by atomic mass is 35.5. The Morgan fingerprint density at radius 1 is 1.06 bits per heavy atom. The molecular formula is C22H18ClF3N2O4. The molecular weight excluding hydrogens is 449 g/mol. The Balaban J connectivity index is 2.15. The van der Waals surface area contributed by atoms with Crippen LogP contribution in [0, 0.1) is 17.5 Å². The molecule has 0 N–H and O–H groups in total. The minimum atomic E-state index is -1.67. The molecule has 0 saturated carbocycles. The molecule has 0 spiro atoms. The van der Waals surface area contributed by atoms with Gasteiger partial charge in [-0.3, -0.25) is 0 Å². The van der Waals surface area contributed by atoms with Crippen molar-refractivity contribution in [2.75, 3.05) is 6.61 Å². The molecule has 1 heterocycles. The van der Waals surface area contributed by atoms with Crippen molar-refractivity contribution in [3.63, 3.8) is 0 Å². The Labute approximate surface area is 186 Å². The van der Waals surface area contributed by atoms with Gasteiger partial charge in [0.1, 0.15) is 28.2 Å². The highest BCUT2D eigenvalue weighted by molar-refractivity contribution is 6.36. The molecule has 0 radical (unpaired) electrons. The molecule has 0 saturated heterocycles. The summed E-state index contributed by atoms with van der Waals surface area (Å²) >= 11 is 6.40. The van der Waals surface area contributed by atoms with Crippen LogP contribution in [0.3, 0.4) is 0 Å². The van der Waals surface area contributed by atoms with Crippen LogP contribution in [-0.2, 0) is 14.3 Å². The Bertz CT molecular complexity index is 1180. The summed E-state index contributed by atoms with van der Waals surface area (Å²) in [5.74, 6) is -4.03. The summed E-state index contributed by atoms with van der Waals surface area (Å²) in [6.07, 6.45) is 0. The molecule has 0 aliphatic heterocycles. The van der Waals surface area contributed by atoms with Crippen LogP contribution in [0.1, 0.15) is 31.3 Å². The average molecular weight is 467 g/mol. The lowest BCUT2D eigenvalue weighted by atomic mass is 10.1. The van der Waals surface area contributed by atoms with E-state index in [4.69, 9.17) is 21.1 Å². The summed E-state index contributed by atoms with van der Waals surface area (Å²) < 4.78 is 52.8. The predicted molar refractivity (Wildman–Crippen MR) is 110 cm³/mol. The van der Waals surface area contributed by atoms with Gasteiger partial charge in [-0.15, -0.1) is 0 Å². The van der Waals surface area contributed by atoms with Crippen molar-refractivity contribution in [1.29, 1.82) is 0 Å². The van der Waals surface area contributed by atoms with E-state index in [2.05, 4.69) is 5.10 Å². The molecule has 10 heteroatoms. The van der Waals surface area contributed by atoms with E-state index in [9.17, 15) is 22.8 Å². The smallest absolute Gasteiger partial charge is 0.361 e. The van der Waals surface area contributed by atoms with Crippen LogP contribution in [0.4, 0.5) is 13.2 Å². The largest absolute Gasteiger partial charge is 0.463 e. The van der Waals surface area contributed by atoms with Gasteiger partial charge in [-0.25, -0.2) is 27.4 Å². The van der Waals surface area contributed by atoms with E-state index in [0.717, 1.165) is 35.0 Å². The van der Waals surface area contributed by atoms with Gasteiger partial charge in [0.15, 0.2) is 5.69 Å². The topological polar surface area (TPSA) is 70.4 Å². The van der Waals surface area contributed by atoms with Crippen LogP contribution < -0.4 is 0 Å². The Morgan fingerprint density at radius 3 is 2.31 bits per heavy atom. The molecule has 0 aliphatic rings. The zero-order valence-electron chi connectivity index (χ0n) is 17.3. The predicted octanol–water partition coefficient (Wildman–Crippen LogP) is 5.11. The van der Waals surface area contributed by atoms with Crippen molar-refractivity contribution >= 4 is 23.5 Å². The van der Waals surface area contributed by atoms with Gasteiger partial charge in [0, 0.05) is 11.6 Å². The van der Waals surface area contributed by atoms with E-state index in [1.807, 2.05) is 0 Å². The molecule has 0 bridgehead atoms. The molecule has 32 heavy (non-hydrogen) atoms. The number of carbonyl (C=O) groups is 2. The van der Waals surface area contributed by atoms with Crippen LogP contribution in [-0.4, -0.2) is 33.9 Å². The number of aromatic nitrogens is 2. The van der Waals surface area contributed by atoms with Gasteiger partial charge >= 0.3 is 11.9 Å². The van der Waals surface area contributed by atoms with Crippen molar-refractivity contribution in [3.8, 4) is 16.9 Å². The van der Waals surface area contributed by atoms with Gasteiger partial charge in [0.05, 0.1) is 12.3 Å². The first kappa shape index (κ1) is 23.3. The maximum absolute atomic E-state index is 14.5. The maximum atomic E-state index is 14.5. The van der Waals surface area contributed by atoms with Gasteiger partial charge in [0.25, 0.3) is 0 Å². The van der Waals surface area contributed by atoms with E-state index < -0.39 is 40.7 Å². The molecule has 3 aromatic rings. The van der Waals surface area contributed by atoms with Gasteiger partial charge in [-0.1, -0.05) is 11.6 Å². The quantitative estimate of drug-likeness (QED) is 0.472. The number of benzene rings is 2. The number of carbonyl (C=O) groups excluding carboxylic acids is 2. The van der Waals surface area contributed by atoms with Gasteiger partial charge in [-0.05, 0) is 57.2 Å². The second-order valence-electron chi connectivity index (χ2n) is 7.15. The molecule has 6 nitrogen and oxygen atoms in total. The van der Waals surface area contributed by atoms with Crippen LogP contribution in [0.15, 0.2) is 42.5 Å². The van der Waals surface area contributed by atoms with Crippen LogP contribution in [0.25, 0.3) is 16.9 Å². The standard InChI is InChI=1S/C22H18ClF3N2O4/c1-4-31-21(30)22(2,3)32-20(29)18-17(23)19(12-5-7-13(24)8-6-12)28(27-18)16-11-14(25)9-10-15(16)26/h5-11H,4H2,1-3H3. The fourth-order valence-corrected chi connectivity index (χ4v) is 3.14. The summed E-state index contributed by atoms with van der Waals surface area (Å²) in [6.45, 7) is 4.31. The maximum Gasteiger partial charge on any atom is 0.361 e. The van der Waals surface area contributed by atoms with Gasteiger partial charge < -0.3 is 9.47 Å². The zero-order chi connectivity index (χ0) is 23.6. The van der Waals surface area contributed by atoms with E-state index in [1.54, 1.807) is 6.92 Å². The first-order valence-electron chi connectivity index (χ1n) is 9.45. The molecule has 2 aromatic carbocycles. The van der Waals surface area contributed by atoms with Crippen molar-refractivity contribution < 1.29 is 32.2 Å². The molecule has 1 aromatic heterocycles. The van der Waals surface area contributed by atoms with E-state index in [1.165, 1.54) is 26.0 Å². The third-order valence-electron chi connectivity index (χ3n) is 4.39. The number of halogens is 4. The van der Waals surface area contributed by atoms with E-state index >= 15 is 0 Å². The lowest BCUT2D eigenvalue weighted by Crippen LogP contribution is -2.39. The first-order valence-corrected chi connectivity index (χ1v) is 9.83. The normalized spacial score (nSPS) is 11.3. The zero-order valence-corrected chi connectivity index (χ0v) is 18.0. The molecule has 0 atom stereocenters. The number of esters is 2. The first-order chi connectivity index (χ1) is 15.0. The second-order valence-corrected chi connectivity index (χ2v) is 7.52. The molecule has 3 rings (SSSR count). The molecule has 0 unspecified atom stereocenters. The van der Waals surface area contributed by atoms with Gasteiger partial charge in [0.2, 0.25) is 5.60 Å². The monoisotopic (exact) mass is 466 g/mol. The van der Waals surface area contributed by atoms with Crippen LogP contribution in [0.2, 0.25) is 5.02 Å². The third-order valence-corrected chi connectivity index (χ3v) is 4.75. The van der Waals surface area contributed by atoms with E-state index in [0.29, 0.717) is 0 Å². The number of ether oxygens (including phenoxy) is 2. The molecule has 0 fully saturated rings. The summed E-state index contributed by atoms with van der Waals surface area (Å²) in [5.41, 5.74) is -2.18. The van der Waals surface area contributed by atoms with Crippen molar-refractivity contribution in [2.45, 2.75) is 26.4 Å². The minimum Gasteiger partial charge on any atom is -0.463 e. The second kappa shape index (κ2) is 9.04. The average Bonchev–Trinajstić information content (AvgIpc) is 3.07. The Kier molecular flexibility index (Phi) is 6.59. The SMILES string of the molecule is CCOC(=O)C(C)(C)OC(=O)c1nn(-c2cc(F)ccc2F)c(-c2ccc(F)cc2)c1Cl. The molecule has 0 aliphatic carbocycles. The lowest BCUT2D eigenvalue weighted by molar-refractivity contribution is -0.162. The number of rotatable bonds is 6. The van der Waals surface area contributed by atoms with Crippen LogP contribution >= 0.6 is 11.6 Å². The summed E-state index contributed by atoms with van der Waals surface area (Å²) in [7, 11) is 0. The Morgan fingerprint density at radius 2 is 1.69 bits per heavy atom. The van der Waals surface area contributed by atoms with E-state index in [-0.39, 0.29) is 28.6 Å². The number of hydrogen-bond donors (Lipinski definition) is 0. The number of hydrogen-bond acceptors (Lipinski definition) is 5. The molecule has 168 valence electrons. The van der Waals surface area contributed by atoms with Crippen LogP contribution in [0.5, 0.6) is 0 Å². The minimum absolute atomic E-state index is 0.00272. The highest BCUT2D eigenvalue weighted by Crippen LogP contribution is 2.35. The summed E-state index contributed by atoms with van der Waals surface area (Å²) in [4.78, 5) is 24.9. The third kappa shape index (κ3) is 4.62. The fraction of sp³-hybridized carbons (Fsp3) is 0.227. The summed E-state index contributed by atoms with van der Waals surface area (Å²) in [6, 6.07) is 7.60. The highest BCUT2D eigenvalue weighted by Gasteiger charge is 2.36. The van der Waals surface area contributed by atoms with Crippen molar-refractivity contribution in [2.24, 2.45) is 0 Å². The Hall–Kier alpha value is -3.33. The summed E-state index contributed by atoms with van der Waals surface area (Å²) in [5, 5.41) is 3.77. The lowest BCUT2D eigenvalue weighted by Gasteiger charge is -2.22.